The van der Waals surface area contributed by atoms with E-state index in [1.807, 2.05) is 0 Å². The summed E-state index contributed by atoms with van der Waals surface area (Å²) in [5.41, 5.74) is 1.16. The van der Waals surface area contributed by atoms with Crippen LogP contribution in [0.1, 0.15) is 49.7 Å². The smallest absolute Gasteiger partial charge is 0.191 e. The first-order valence-electron chi connectivity index (χ1n) is 7.55. The van der Waals surface area contributed by atoms with E-state index in [4.69, 9.17) is 4.74 Å². The van der Waals surface area contributed by atoms with Crippen molar-refractivity contribution in [3.8, 4) is 0 Å². The average Bonchev–Trinajstić information content (AvgIpc) is 2.95. The number of nitrogens with zero attached hydrogens (tertiary/aromatic N) is 2. The Balaban J connectivity index is 2.21. The molecule has 1 aromatic rings. The molecular formula is C15H28N4OS. The fraction of sp³-hybridized carbons (Fsp3) is 0.733. The monoisotopic (exact) mass is 312 g/mol. The number of guanidine groups is 1. The molecule has 0 saturated carbocycles. The Morgan fingerprint density at radius 1 is 1.33 bits per heavy atom. The van der Waals surface area contributed by atoms with Gasteiger partial charge in [-0.3, -0.25) is 4.99 Å². The molecule has 0 aromatic carbocycles. The third-order valence-corrected chi connectivity index (χ3v) is 3.98. The van der Waals surface area contributed by atoms with Crippen LogP contribution in [0.5, 0.6) is 0 Å². The number of unbranched alkanes of at least 4 members (excludes halogenated alkanes) is 2. The van der Waals surface area contributed by atoms with Crippen molar-refractivity contribution < 1.29 is 4.74 Å². The second-order valence-electron chi connectivity index (χ2n) is 5.23. The summed E-state index contributed by atoms with van der Waals surface area (Å²) < 4.78 is 5.03. The summed E-state index contributed by atoms with van der Waals surface area (Å²) in [7, 11) is 3.54. The normalized spacial score (nSPS) is 12.0. The molecule has 0 aliphatic heterocycles. The molecule has 6 heteroatoms. The van der Waals surface area contributed by atoms with E-state index in [1.165, 1.54) is 6.42 Å². The molecule has 21 heavy (non-hydrogen) atoms. The number of aliphatic imine (C=N–C) groups is 1. The molecule has 0 spiro atoms. The number of rotatable bonds is 9. The number of hydrogen-bond acceptors (Lipinski definition) is 4. The van der Waals surface area contributed by atoms with Gasteiger partial charge in [0.25, 0.3) is 0 Å². The zero-order chi connectivity index (χ0) is 15.5. The second-order valence-corrected chi connectivity index (χ2v) is 6.17. The van der Waals surface area contributed by atoms with Gasteiger partial charge in [0.2, 0.25) is 0 Å². The topological polar surface area (TPSA) is 58.5 Å². The first-order valence-corrected chi connectivity index (χ1v) is 8.43. The second kappa shape index (κ2) is 10.6. The van der Waals surface area contributed by atoms with Gasteiger partial charge in [0, 0.05) is 32.7 Å². The standard InChI is InChI=1S/C15H28N4OS/c1-12(2)13-11-21-14(19-13)10-18-15(16-3)17-8-6-5-7-9-20-4/h11-12H,5-10H2,1-4H3,(H2,16,17,18). The molecule has 0 unspecified atom stereocenters. The zero-order valence-electron chi connectivity index (χ0n) is 13.6. The highest BCUT2D eigenvalue weighted by molar-refractivity contribution is 7.09. The predicted octanol–water partition coefficient (Wildman–Crippen LogP) is 2.75. The molecule has 0 aliphatic carbocycles. The molecule has 0 fully saturated rings. The minimum absolute atomic E-state index is 0.486. The Hall–Kier alpha value is -1.14. The van der Waals surface area contributed by atoms with Crippen molar-refractivity contribution in [2.24, 2.45) is 4.99 Å². The van der Waals surface area contributed by atoms with Crippen molar-refractivity contribution in [3.63, 3.8) is 0 Å². The van der Waals surface area contributed by atoms with Crippen LogP contribution in [0.25, 0.3) is 0 Å². The number of aromatic nitrogens is 1. The number of nitrogens with one attached hydrogen (secondary N) is 2. The van der Waals surface area contributed by atoms with E-state index in [0.717, 1.165) is 49.2 Å². The van der Waals surface area contributed by atoms with Gasteiger partial charge in [-0.05, 0) is 25.2 Å². The van der Waals surface area contributed by atoms with Crippen LogP contribution in [0.2, 0.25) is 0 Å². The molecule has 0 amide bonds. The molecule has 0 aliphatic rings. The van der Waals surface area contributed by atoms with Crippen LogP contribution in [-0.2, 0) is 11.3 Å². The van der Waals surface area contributed by atoms with Gasteiger partial charge in [0.15, 0.2) is 5.96 Å². The van der Waals surface area contributed by atoms with Crippen molar-refractivity contribution in [3.05, 3.63) is 16.1 Å². The highest BCUT2D eigenvalue weighted by Gasteiger charge is 2.06. The number of ether oxygens (including phenoxy) is 1. The van der Waals surface area contributed by atoms with Gasteiger partial charge in [0.1, 0.15) is 5.01 Å². The lowest BCUT2D eigenvalue weighted by molar-refractivity contribution is 0.192. The Labute approximate surface area is 132 Å². The SMILES string of the molecule is CN=C(NCCCCCOC)NCc1nc(C(C)C)cs1. The van der Waals surface area contributed by atoms with E-state index in [1.54, 1.807) is 25.5 Å². The summed E-state index contributed by atoms with van der Waals surface area (Å²) in [4.78, 5) is 8.83. The minimum atomic E-state index is 0.486. The molecule has 1 heterocycles. The molecule has 120 valence electrons. The molecule has 5 nitrogen and oxygen atoms in total. The third kappa shape index (κ3) is 7.43. The van der Waals surface area contributed by atoms with Gasteiger partial charge in [-0.15, -0.1) is 11.3 Å². The quantitative estimate of drug-likeness (QED) is 0.418. The van der Waals surface area contributed by atoms with E-state index in [9.17, 15) is 0 Å². The molecule has 0 saturated heterocycles. The summed E-state index contributed by atoms with van der Waals surface area (Å²) in [5, 5.41) is 9.85. The summed E-state index contributed by atoms with van der Waals surface area (Å²) in [5.74, 6) is 1.32. The fourth-order valence-electron chi connectivity index (χ4n) is 1.81. The third-order valence-electron chi connectivity index (χ3n) is 3.11. The van der Waals surface area contributed by atoms with Gasteiger partial charge in [-0.2, -0.15) is 0 Å². The van der Waals surface area contributed by atoms with E-state index in [2.05, 4.69) is 39.8 Å². The van der Waals surface area contributed by atoms with E-state index in [0.29, 0.717) is 5.92 Å². The Morgan fingerprint density at radius 2 is 2.14 bits per heavy atom. The van der Waals surface area contributed by atoms with Crippen LogP contribution >= 0.6 is 11.3 Å². The van der Waals surface area contributed by atoms with Crippen LogP contribution in [0, 0.1) is 0 Å². The zero-order valence-corrected chi connectivity index (χ0v) is 14.4. The lowest BCUT2D eigenvalue weighted by Crippen LogP contribution is -2.37. The van der Waals surface area contributed by atoms with Gasteiger partial charge in [0.05, 0.1) is 12.2 Å². The molecule has 0 radical (unpaired) electrons. The average molecular weight is 312 g/mol. The molecular weight excluding hydrogens is 284 g/mol. The minimum Gasteiger partial charge on any atom is -0.385 e. The molecule has 0 bridgehead atoms. The number of thiazole rings is 1. The molecule has 0 atom stereocenters. The first-order chi connectivity index (χ1) is 10.2. The maximum absolute atomic E-state index is 5.03. The highest BCUT2D eigenvalue weighted by atomic mass is 32.1. The van der Waals surface area contributed by atoms with Crippen molar-refractivity contribution in [1.29, 1.82) is 0 Å². The van der Waals surface area contributed by atoms with Crippen LogP contribution in [0.3, 0.4) is 0 Å². The maximum atomic E-state index is 5.03. The van der Waals surface area contributed by atoms with Crippen LogP contribution in [0.15, 0.2) is 10.4 Å². The first kappa shape index (κ1) is 17.9. The lowest BCUT2D eigenvalue weighted by atomic mass is 10.2. The van der Waals surface area contributed by atoms with E-state index in [-0.39, 0.29) is 0 Å². The van der Waals surface area contributed by atoms with Gasteiger partial charge in [-0.25, -0.2) is 4.98 Å². The van der Waals surface area contributed by atoms with Crippen LogP contribution in [0.4, 0.5) is 0 Å². The summed E-state index contributed by atoms with van der Waals surface area (Å²) in [6.07, 6.45) is 3.40. The summed E-state index contributed by atoms with van der Waals surface area (Å²) in [6.45, 7) is 6.82. The summed E-state index contributed by atoms with van der Waals surface area (Å²) in [6, 6.07) is 0. The number of hydrogen-bond donors (Lipinski definition) is 2. The highest BCUT2D eigenvalue weighted by Crippen LogP contribution is 2.17. The largest absolute Gasteiger partial charge is 0.385 e. The summed E-state index contributed by atoms with van der Waals surface area (Å²) >= 11 is 1.70. The van der Waals surface area contributed by atoms with Gasteiger partial charge in [-0.1, -0.05) is 13.8 Å². The maximum Gasteiger partial charge on any atom is 0.191 e. The Bertz CT molecular complexity index is 418. The van der Waals surface area contributed by atoms with Crippen LogP contribution < -0.4 is 10.6 Å². The lowest BCUT2D eigenvalue weighted by Gasteiger charge is -2.10. The number of methoxy groups -OCH3 is 1. The van der Waals surface area contributed by atoms with Crippen molar-refractivity contribution in [2.45, 2.75) is 45.6 Å². The molecule has 1 rings (SSSR count). The Morgan fingerprint density at radius 3 is 2.76 bits per heavy atom. The van der Waals surface area contributed by atoms with Crippen molar-refractivity contribution >= 4 is 17.3 Å². The van der Waals surface area contributed by atoms with Gasteiger partial charge < -0.3 is 15.4 Å². The van der Waals surface area contributed by atoms with Crippen molar-refractivity contribution in [2.75, 3.05) is 27.3 Å². The Kier molecular flexibility index (Phi) is 9.01. The van der Waals surface area contributed by atoms with Crippen LogP contribution in [-0.4, -0.2) is 38.3 Å². The van der Waals surface area contributed by atoms with Crippen molar-refractivity contribution in [1.82, 2.24) is 15.6 Å². The van der Waals surface area contributed by atoms with Gasteiger partial charge >= 0.3 is 0 Å². The molecule has 1 aromatic heterocycles. The van der Waals surface area contributed by atoms with E-state index >= 15 is 0 Å². The molecule has 2 N–H and O–H groups in total. The van der Waals surface area contributed by atoms with E-state index < -0.39 is 0 Å². The fourth-order valence-corrected chi connectivity index (χ4v) is 2.70. The predicted molar refractivity (Wildman–Crippen MR) is 90.1 cm³/mol.